The Balaban J connectivity index is 1.46. The van der Waals surface area contributed by atoms with Crippen LogP contribution < -0.4 is 5.32 Å². The fraction of sp³-hybridized carbons (Fsp3) is 0.667. The highest BCUT2D eigenvalue weighted by Gasteiger charge is 2.36. The maximum Gasteiger partial charge on any atom is 0.409 e. The Kier molecular flexibility index (Phi) is 7.14. The van der Waals surface area contributed by atoms with Crippen LogP contribution >= 0.6 is 0 Å². The van der Waals surface area contributed by atoms with Crippen LogP contribution in [-0.2, 0) is 26.3 Å². The van der Waals surface area contributed by atoms with E-state index in [9.17, 15) is 18.0 Å². The number of hydrogen-bond acceptors (Lipinski definition) is 6. The molecule has 0 aromatic carbocycles. The van der Waals surface area contributed by atoms with E-state index in [1.807, 2.05) is 0 Å². The van der Waals surface area contributed by atoms with Gasteiger partial charge >= 0.3 is 6.09 Å². The van der Waals surface area contributed by atoms with Crippen molar-refractivity contribution in [3.05, 3.63) is 24.2 Å². The Bertz CT molecular complexity index is 781. The molecular weight excluding hydrogens is 400 g/mol. The Morgan fingerprint density at radius 1 is 1.14 bits per heavy atom. The van der Waals surface area contributed by atoms with Gasteiger partial charge in [0.1, 0.15) is 5.76 Å². The van der Waals surface area contributed by atoms with E-state index < -0.39 is 16.3 Å². The molecule has 0 bridgehead atoms. The number of rotatable bonds is 6. The van der Waals surface area contributed by atoms with Crippen molar-refractivity contribution in [2.45, 2.75) is 26.3 Å². The van der Waals surface area contributed by atoms with Gasteiger partial charge in [-0.25, -0.2) is 4.79 Å². The zero-order valence-electron chi connectivity index (χ0n) is 16.6. The summed E-state index contributed by atoms with van der Waals surface area (Å²) in [7, 11) is -3.60. The topological polar surface area (TPSA) is 112 Å². The molecule has 3 rings (SSSR count). The first-order valence-electron chi connectivity index (χ1n) is 9.89. The molecule has 0 spiro atoms. The van der Waals surface area contributed by atoms with Gasteiger partial charge in [0.25, 0.3) is 10.2 Å². The Hall–Kier alpha value is -2.11. The van der Waals surface area contributed by atoms with E-state index in [1.165, 1.54) is 13.5 Å². The quantitative estimate of drug-likeness (QED) is 0.711. The minimum absolute atomic E-state index is 0.0819. The molecule has 2 aliphatic rings. The van der Waals surface area contributed by atoms with Crippen LogP contribution in [0.25, 0.3) is 0 Å². The van der Waals surface area contributed by atoms with Gasteiger partial charge in [0, 0.05) is 45.2 Å². The molecule has 0 aliphatic carbocycles. The van der Waals surface area contributed by atoms with Crippen molar-refractivity contribution >= 4 is 22.2 Å². The van der Waals surface area contributed by atoms with E-state index in [-0.39, 0.29) is 24.9 Å². The van der Waals surface area contributed by atoms with Crippen molar-refractivity contribution in [2.75, 3.05) is 45.9 Å². The van der Waals surface area contributed by atoms with Crippen molar-refractivity contribution in [2.24, 2.45) is 5.92 Å². The van der Waals surface area contributed by atoms with Crippen molar-refractivity contribution in [1.29, 1.82) is 0 Å². The highest BCUT2D eigenvalue weighted by Crippen LogP contribution is 2.22. The number of ether oxygens (including phenoxy) is 1. The van der Waals surface area contributed by atoms with Gasteiger partial charge in [-0.3, -0.25) is 4.79 Å². The molecule has 2 saturated heterocycles. The normalized spacial score (nSPS) is 19.8. The lowest BCUT2D eigenvalue weighted by Crippen LogP contribution is -2.55. The molecule has 0 saturated carbocycles. The van der Waals surface area contributed by atoms with E-state index in [0.29, 0.717) is 57.9 Å². The summed E-state index contributed by atoms with van der Waals surface area (Å²) in [5, 5.41) is 2.84. The summed E-state index contributed by atoms with van der Waals surface area (Å²) in [6.45, 7) is 4.07. The molecule has 2 amide bonds. The fourth-order valence-corrected chi connectivity index (χ4v) is 5.18. The molecule has 10 nitrogen and oxygen atoms in total. The molecule has 11 heteroatoms. The van der Waals surface area contributed by atoms with E-state index in [1.54, 1.807) is 25.3 Å². The number of piperazine rings is 1. The number of hydrogen-bond donors (Lipinski definition) is 1. The van der Waals surface area contributed by atoms with Crippen LogP contribution in [0.1, 0.15) is 25.5 Å². The molecule has 0 atom stereocenters. The van der Waals surface area contributed by atoms with Gasteiger partial charge in [0.05, 0.1) is 19.4 Å². The third-order valence-corrected chi connectivity index (χ3v) is 7.29. The number of furan rings is 1. The van der Waals surface area contributed by atoms with E-state index >= 15 is 0 Å². The molecular formula is C18H28N4O6S. The monoisotopic (exact) mass is 428 g/mol. The number of nitrogens with zero attached hydrogens (tertiary/aromatic N) is 3. The van der Waals surface area contributed by atoms with Crippen LogP contribution in [0.5, 0.6) is 0 Å². The molecule has 0 unspecified atom stereocenters. The van der Waals surface area contributed by atoms with Crippen molar-refractivity contribution < 1.29 is 27.2 Å². The number of carbonyl (C=O) groups excluding carboxylic acids is 2. The van der Waals surface area contributed by atoms with Crippen LogP contribution in [0.2, 0.25) is 0 Å². The van der Waals surface area contributed by atoms with E-state index in [2.05, 4.69) is 5.32 Å². The first-order valence-corrected chi connectivity index (χ1v) is 11.3. The Labute approximate surface area is 170 Å². The second kappa shape index (κ2) is 9.59. The molecule has 162 valence electrons. The number of piperidine rings is 1. The standard InChI is InChI=1S/C18H28N4O6S/c1-2-27-18(24)20-9-11-22(12-10-20)29(25,26)21-7-5-15(6-8-21)17(23)19-14-16-4-3-13-28-16/h3-4,13,15H,2,5-12,14H2,1H3,(H,19,23). The summed E-state index contributed by atoms with van der Waals surface area (Å²) in [5.41, 5.74) is 0. The molecule has 1 aromatic heterocycles. The van der Waals surface area contributed by atoms with Gasteiger partial charge in [0.2, 0.25) is 5.91 Å². The Morgan fingerprint density at radius 2 is 1.79 bits per heavy atom. The predicted octanol–water partition coefficient (Wildman–Crippen LogP) is 0.627. The minimum atomic E-state index is -3.60. The van der Waals surface area contributed by atoms with Crippen molar-refractivity contribution in [3.8, 4) is 0 Å². The first-order chi connectivity index (χ1) is 13.9. The van der Waals surface area contributed by atoms with Gasteiger partial charge < -0.3 is 19.4 Å². The summed E-state index contributed by atoms with van der Waals surface area (Å²) in [5.74, 6) is 0.388. The second-order valence-electron chi connectivity index (χ2n) is 7.06. The molecule has 1 N–H and O–H groups in total. The van der Waals surface area contributed by atoms with Crippen LogP contribution in [0.4, 0.5) is 4.79 Å². The van der Waals surface area contributed by atoms with Crippen LogP contribution in [-0.4, -0.2) is 79.8 Å². The predicted molar refractivity (Wildman–Crippen MR) is 104 cm³/mol. The van der Waals surface area contributed by atoms with Crippen LogP contribution in [0.3, 0.4) is 0 Å². The molecule has 3 heterocycles. The molecule has 1 aromatic rings. The number of carbonyl (C=O) groups is 2. The SMILES string of the molecule is CCOC(=O)N1CCN(S(=O)(=O)N2CCC(C(=O)NCc3ccco3)CC2)CC1. The maximum atomic E-state index is 12.9. The minimum Gasteiger partial charge on any atom is -0.467 e. The molecule has 2 fully saturated rings. The van der Waals surface area contributed by atoms with Gasteiger partial charge in [0.15, 0.2) is 0 Å². The zero-order chi connectivity index (χ0) is 20.9. The van der Waals surface area contributed by atoms with E-state index in [0.717, 1.165) is 0 Å². The van der Waals surface area contributed by atoms with Gasteiger partial charge in [-0.1, -0.05) is 0 Å². The highest BCUT2D eigenvalue weighted by molar-refractivity contribution is 7.86. The lowest BCUT2D eigenvalue weighted by atomic mass is 9.97. The summed E-state index contributed by atoms with van der Waals surface area (Å²) >= 11 is 0. The molecule has 0 radical (unpaired) electrons. The average molecular weight is 429 g/mol. The van der Waals surface area contributed by atoms with Crippen LogP contribution in [0, 0.1) is 5.92 Å². The van der Waals surface area contributed by atoms with Crippen molar-refractivity contribution in [1.82, 2.24) is 18.8 Å². The second-order valence-corrected chi connectivity index (χ2v) is 8.99. The van der Waals surface area contributed by atoms with Gasteiger partial charge in [-0.15, -0.1) is 0 Å². The zero-order valence-corrected chi connectivity index (χ0v) is 17.4. The molecule has 29 heavy (non-hydrogen) atoms. The average Bonchev–Trinajstić information content (AvgIpc) is 3.26. The number of nitrogens with one attached hydrogen (secondary N) is 1. The van der Waals surface area contributed by atoms with Gasteiger partial charge in [-0.05, 0) is 31.9 Å². The Morgan fingerprint density at radius 3 is 2.38 bits per heavy atom. The lowest BCUT2D eigenvalue weighted by Gasteiger charge is -2.38. The summed E-state index contributed by atoms with van der Waals surface area (Å²) < 4.78 is 38.8. The summed E-state index contributed by atoms with van der Waals surface area (Å²) in [4.78, 5) is 25.6. The van der Waals surface area contributed by atoms with E-state index in [4.69, 9.17) is 9.15 Å². The smallest absolute Gasteiger partial charge is 0.409 e. The van der Waals surface area contributed by atoms with Crippen LogP contribution in [0.15, 0.2) is 22.8 Å². The largest absolute Gasteiger partial charge is 0.467 e. The van der Waals surface area contributed by atoms with Gasteiger partial charge in [-0.2, -0.15) is 17.0 Å². The third-order valence-electron chi connectivity index (χ3n) is 5.26. The van der Waals surface area contributed by atoms with Crippen molar-refractivity contribution in [3.63, 3.8) is 0 Å². The maximum absolute atomic E-state index is 12.9. The molecule has 2 aliphatic heterocycles. The number of amides is 2. The fourth-order valence-electron chi connectivity index (χ4n) is 3.56. The summed E-state index contributed by atoms with van der Waals surface area (Å²) in [6, 6.07) is 3.55. The third kappa shape index (κ3) is 5.28. The highest BCUT2D eigenvalue weighted by atomic mass is 32.2. The first kappa shape index (κ1) is 21.6. The lowest BCUT2D eigenvalue weighted by molar-refractivity contribution is -0.126. The summed E-state index contributed by atoms with van der Waals surface area (Å²) in [6.07, 6.45) is 2.10.